The molecule has 0 saturated carbocycles. The predicted octanol–water partition coefficient (Wildman–Crippen LogP) is 1.11. The monoisotopic (exact) mass is 311 g/mol. The summed E-state index contributed by atoms with van der Waals surface area (Å²) >= 11 is 5.82. The summed E-state index contributed by atoms with van der Waals surface area (Å²) in [5.74, 6) is -1.31. The van der Waals surface area contributed by atoms with E-state index in [2.05, 4.69) is 15.0 Å². The summed E-state index contributed by atoms with van der Waals surface area (Å²) in [6.07, 6.45) is -0.304. The van der Waals surface area contributed by atoms with E-state index in [4.69, 9.17) is 27.8 Å². The summed E-state index contributed by atoms with van der Waals surface area (Å²) in [5.41, 5.74) is 10.8. The molecular weight excluding hydrogens is 301 g/mol. The molecule has 0 spiro atoms. The Labute approximate surface area is 124 Å². The molecule has 7 nitrogen and oxygen atoms in total. The number of esters is 1. The molecule has 0 unspecified atom stereocenters. The highest BCUT2D eigenvalue weighted by Crippen LogP contribution is 2.19. The maximum absolute atomic E-state index is 13.5. The Morgan fingerprint density at radius 3 is 2.52 bits per heavy atom. The van der Waals surface area contributed by atoms with Crippen molar-refractivity contribution in [2.24, 2.45) is 0 Å². The van der Waals surface area contributed by atoms with E-state index in [1.165, 1.54) is 18.2 Å². The Hall–Kier alpha value is -2.48. The second-order valence-electron chi connectivity index (χ2n) is 4.01. The van der Waals surface area contributed by atoms with Gasteiger partial charge in [0.2, 0.25) is 11.9 Å². The van der Waals surface area contributed by atoms with Crippen LogP contribution in [0.15, 0.2) is 18.2 Å². The Bertz CT molecular complexity index is 642. The first-order valence-electron chi connectivity index (χ1n) is 5.80. The minimum atomic E-state index is -0.681. The highest BCUT2D eigenvalue weighted by Gasteiger charge is 2.14. The topological polar surface area (TPSA) is 117 Å². The molecule has 1 aromatic carbocycles. The van der Waals surface area contributed by atoms with Crippen LogP contribution in [-0.2, 0) is 22.6 Å². The van der Waals surface area contributed by atoms with Gasteiger partial charge in [-0.15, -0.1) is 0 Å². The lowest BCUT2D eigenvalue weighted by atomic mass is 10.1. The Kier molecular flexibility index (Phi) is 4.49. The molecule has 9 heteroatoms. The van der Waals surface area contributed by atoms with Crippen LogP contribution < -0.4 is 11.5 Å². The van der Waals surface area contributed by atoms with Crippen molar-refractivity contribution < 1.29 is 13.9 Å². The lowest BCUT2D eigenvalue weighted by Gasteiger charge is -2.07. The summed E-state index contributed by atoms with van der Waals surface area (Å²) in [5, 5.41) is 0.153. The summed E-state index contributed by atoms with van der Waals surface area (Å²) in [6, 6.07) is 4.14. The third kappa shape index (κ3) is 3.99. The number of carbonyl (C=O) groups is 1. The molecule has 0 radical (unpaired) electrons. The van der Waals surface area contributed by atoms with E-state index in [0.717, 1.165) is 0 Å². The first-order valence-corrected chi connectivity index (χ1v) is 6.18. The number of aromatic nitrogens is 3. The third-order valence-corrected chi connectivity index (χ3v) is 2.82. The first kappa shape index (κ1) is 14.9. The lowest BCUT2D eigenvalue weighted by molar-refractivity contribution is -0.144. The highest BCUT2D eigenvalue weighted by atomic mass is 35.5. The SMILES string of the molecule is Nc1nc(N)nc(COC(=O)Cc2c(F)cccc2Cl)n1. The molecule has 1 heterocycles. The summed E-state index contributed by atoms with van der Waals surface area (Å²) in [7, 11) is 0. The fourth-order valence-electron chi connectivity index (χ4n) is 1.56. The van der Waals surface area contributed by atoms with Gasteiger partial charge in [-0.25, -0.2) is 4.39 Å². The maximum Gasteiger partial charge on any atom is 0.310 e. The van der Waals surface area contributed by atoms with Crippen molar-refractivity contribution in [3.63, 3.8) is 0 Å². The fourth-order valence-corrected chi connectivity index (χ4v) is 1.79. The van der Waals surface area contributed by atoms with Gasteiger partial charge in [-0.2, -0.15) is 15.0 Å². The number of rotatable bonds is 4. The van der Waals surface area contributed by atoms with Crippen LogP contribution in [-0.4, -0.2) is 20.9 Å². The quantitative estimate of drug-likeness (QED) is 0.812. The highest BCUT2D eigenvalue weighted by molar-refractivity contribution is 6.31. The number of nitrogens with two attached hydrogens (primary N) is 2. The Morgan fingerprint density at radius 2 is 1.90 bits per heavy atom. The van der Waals surface area contributed by atoms with Crippen LogP contribution in [0.3, 0.4) is 0 Å². The predicted molar refractivity (Wildman–Crippen MR) is 73.6 cm³/mol. The standard InChI is InChI=1S/C12H11ClFN5O2/c13-7-2-1-3-8(14)6(7)4-10(20)21-5-9-17-11(15)19-12(16)18-9/h1-3H,4-5H2,(H4,15,16,17,18,19). The van der Waals surface area contributed by atoms with Crippen LogP contribution in [0.25, 0.3) is 0 Å². The molecule has 0 aliphatic rings. The normalized spacial score (nSPS) is 10.4. The number of halogens is 2. The largest absolute Gasteiger partial charge is 0.457 e. The average Bonchev–Trinajstić information content (AvgIpc) is 2.40. The molecule has 0 atom stereocenters. The van der Waals surface area contributed by atoms with Gasteiger partial charge in [0.1, 0.15) is 5.82 Å². The van der Waals surface area contributed by atoms with Gasteiger partial charge < -0.3 is 16.2 Å². The fraction of sp³-hybridized carbons (Fsp3) is 0.167. The second-order valence-corrected chi connectivity index (χ2v) is 4.41. The molecule has 4 N–H and O–H groups in total. The van der Waals surface area contributed by atoms with E-state index in [0.29, 0.717) is 0 Å². The Balaban J connectivity index is 1.99. The average molecular weight is 312 g/mol. The smallest absolute Gasteiger partial charge is 0.310 e. The summed E-state index contributed by atoms with van der Waals surface area (Å²) in [6.45, 7) is -0.248. The number of hydrogen-bond acceptors (Lipinski definition) is 7. The summed E-state index contributed by atoms with van der Waals surface area (Å²) < 4.78 is 18.4. The molecule has 2 rings (SSSR count). The van der Waals surface area contributed by atoms with Crippen molar-refractivity contribution in [2.45, 2.75) is 13.0 Å². The summed E-state index contributed by atoms with van der Waals surface area (Å²) in [4.78, 5) is 22.7. The maximum atomic E-state index is 13.5. The number of nitrogens with zero attached hydrogens (tertiary/aromatic N) is 3. The zero-order chi connectivity index (χ0) is 15.4. The Morgan fingerprint density at radius 1 is 1.24 bits per heavy atom. The zero-order valence-electron chi connectivity index (χ0n) is 10.7. The molecule has 0 amide bonds. The second kappa shape index (κ2) is 6.31. The van der Waals surface area contributed by atoms with E-state index >= 15 is 0 Å². The lowest BCUT2D eigenvalue weighted by Crippen LogP contribution is -2.13. The van der Waals surface area contributed by atoms with E-state index in [9.17, 15) is 9.18 Å². The van der Waals surface area contributed by atoms with Gasteiger partial charge in [-0.3, -0.25) is 4.79 Å². The van der Waals surface area contributed by atoms with Gasteiger partial charge >= 0.3 is 5.97 Å². The molecule has 0 bridgehead atoms. The van der Waals surface area contributed by atoms with Crippen LogP contribution >= 0.6 is 11.6 Å². The zero-order valence-corrected chi connectivity index (χ0v) is 11.5. The van der Waals surface area contributed by atoms with Crippen molar-refractivity contribution in [1.29, 1.82) is 0 Å². The molecule has 1 aromatic heterocycles. The van der Waals surface area contributed by atoms with Gasteiger partial charge in [0.15, 0.2) is 12.4 Å². The number of benzene rings is 1. The van der Waals surface area contributed by atoms with Crippen LogP contribution in [0.1, 0.15) is 11.4 Å². The minimum Gasteiger partial charge on any atom is -0.457 e. The van der Waals surface area contributed by atoms with Crippen molar-refractivity contribution in [1.82, 2.24) is 15.0 Å². The van der Waals surface area contributed by atoms with E-state index < -0.39 is 11.8 Å². The number of carbonyl (C=O) groups excluding carboxylic acids is 1. The first-order chi connectivity index (χ1) is 9.95. The van der Waals surface area contributed by atoms with Gasteiger partial charge in [-0.1, -0.05) is 17.7 Å². The van der Waals surface area contributed by atoms with Crippen LogP contribution in [0.4, 0.5) is 16.3 Å². The van der Waals surface area contributed by atoms with Gasteiger partial charge in [-0.05, 0) is 12.1 Å². The molecule has 2 aromatic rings. The molecule has 21 heavy (non-hydrogen) atoms. The molecule has 0 fully saturated rings. The van der Waals surface area contributed by atoms with Crippen molar-refractivity contribution in [3.8, 4) is 0 Å². The molecular formula is C12H11ClFN5O2. The number of nitrogen functional groups attached to an aromatic ring is 2. The third-order valence-electron chi connectivity index (χ3n) is 2.46. The van der Waals surface area contributed by atoms with Crippen LogP contribution in [0.5, 0.6) is 0 Å². The molecule has 110 valence electrons. The van der Waals surface area contributed by atoms with E-state index in [1.54, 1.807) is 0 Å². The van der Waals surface area contributed by atoms with Gasteiger partial charge in [0, 0.05) is 10.6 Å². The molecule has 0 aliphatic heterocycles. The van der Waals surface area contributed by atoms with Crippen molar-refractivity contribution in [3.05, 3.63) is 40.4 Å². The number of ether oxygens (including phenoxy) is 1. The van der Waals surface area contributed by atoms with E-state index in [-0.39, 0.29) is 41.3 Å². The van der Waals surface area contributed by atoms with Crippen molar-refractivity contribution in [2.75, 3.05) is 11.5 Å². The van der Waals surface area contributed by atoms with Crippen LogP contribution in [0.2, 0.25) is 5.02 Å². The molecule has 0 saturated heterocycles. The van der Waals surface area contributed by atoms with E-state index in [1.807, 2.05) is 0 Å². The van der Waals surface area contributed by atoms with Crippen LogP contribution in [0, 0.1) is 5.82 Å². The van der Waals surface area contributed by atoms with Gasteiger partial charge in [0.25, 0.3) is 0 Å². The number of anilines is 2. The number of hydrogen-bond donors (Lipinski definition) is 2. The minimum absolute atomic E-state index is 0.0684. The molecule has 0 aliphatic carbocycles. The van der Waals surface area contributed by atoms with Gasteiger partial charge in [0.05, 0.1) is 6.42 Å². The van der Waals surface area contributed by atoms with Crippen molar-refractivity contribution >= 4 is 29.5 Å².